The zero-order valence-electron chi connectivity index (χ0n) is 17.8. The summed E-state index contributed by atoms with van der Waals surface area (Å²) < 4.78 is 40.2. The molecule has 0 spiro atoms. The second kappa shape index (κ2) is 10.0. The highest BCUT2D eigenvalue weighted by molar-refractivity contribution is 5.64. The average Bonchev–Trinajstić information content (AvgIpc) is 3.29. The molecule has 2 fully saturated rings. The normalized spacial score (nSPS) is 22.5. The molecule has 0 N–H and O–H groups in total. The molecule has 0 aliphatic heterocycles. The molecule has 0 unspecified atom stereocenters. The zero-order valence-corrected chi connectivity index (χ0v) is 17.8. The first-order valence-corrected chi connectivity index (χ1v) is 11.8. The van der Waals surface area contributed by atoms with Crippen molar-refractivity contribution in [1.29, 1.82) is 0 Å². The summed E-state index contributed by atoms with van der Waals surface area (Å²) in [5, 5.41) is 0. The third-order valence-corrected chi connectivity index (χ3v) is 7.50. The van der Waals surface area contributed by atoms with Crippen LogP contribution in [0.1, 0.15) is 88.5 Å². The van der Waals surface area contributed by atoms with Crippen molar-refractivity contribution in [2.24, 2.45) is 11.8 Å². The lowest BCUT2D eigenvalue weighted by molar-refractivity contribution is 0.299. The first-order valence-electron chi connectivity index (χ1n) is 11.8. The van der Waals surface area contributed by atoms with Crippen molar-refractivity contribution >= 4 is 0 Å². The van der Waals surface area contributed by atoms with E-state index < -0.39 is 17.5 Å². The van der Waals surface area contributed by atoms with E-state index in [1.807, 2.05) is 12.1 Å². The summed E-state index contributed by atoms with van der Waals surface area (Å²) in [5.74, 6) is -1.21. The van der Waals surface area contributed by atoms with Gasteiger partial charge in [-0.1, -0.05) is 75.6 Å². The van der Waals surface area contributed by atoms with Gasteiger partial charge in [0.15, 0.2) is 17.5 Å². The molecule has 2 aliphatic carbocycles. The van der Waals surface area contributed by atoms with Crippen molar-refractivity contribution in [2.75, 3.05) is 0 Å². The molecule has 2 saturated carbocycles. The van der Waals surface area contributed by atoms with Gasteiger partial charge < -0.3 is 0 Å². The van der Waals surface area contributed by atoms with Crippen molar-refractivity contribution in [3.8, 4) is 11.1 Å². The number of benzene rings is 2. The molecule has 0 heterocycles. The molecule has 0 aromatic heterocycles. The summed E-state index contributed by atoms with van der Waals surface area (Å²) in [7, 11) is 0. The highest BCUT2D eigenvalue weighted by Gasteiger charge is 2.22. The van der Waals surface area contributed by atoms with Crippen LogP contribution < -0.4 is 0 Å². The van der Waals surface area contributed by atoms with Crippen molar-refractivity contribution < 1.29 is 13.2 Å². The van der Waals surface area contributed by atoms with Gasteiger partial charge in [0.2, 0.25) is 0 Å². The molecule has 2 aliphatic rings. The largest absolute Gasteiger partial charge is 0.204 e. The molecule has 0 radical (unpaired) electrons. The second-order valence-corrected chi connectivity index (χ2v) is 9.53. The molecular weight excluding hydrogens is 381 g/mol. The van der Waals surface area contributed by atoms with Gasteiger partial charge >= 0.3 is 0 Å². The number of hydrogen-bond acceptors (Lipinski definition) is 0. The molecule has 3 heteroatoms. The summed E-state index contributed by atoms with van der Waals surface area (Å²) >= 11 is 0. The van der Waals surface area contributed by atoms with Gasteiger partial charge in [-0.15, -0.1) is 0 Å². The van der Waals surface area contributed by atoms with Gasteiger partial charge in [0.05, 0.1) is 0 Å². The van der Waals surface area contributed by atoms with E-state index in [-0.39, 0.29) is 0 Å². The Labute approximate surface area is 178 Å². The van der Waals surface area contributed by atoms with Crippen molar-refractivity contribution in [1.82, 2.24) is 0 Å². The van der Waals surface area contributed by atoms with Crippen LogP contribution in [0.5, 0.6) is 0 Å². The van der Waals surface area contributed by atoms with E-state index >= 15 is 0 Å². The molecule has 0 bridgehead atoms. The molecule has 2 aromatic rings. The summed E-state index contributed by atoms with van der Waals surface area (Å²) in [4.78, 5) is 0. The fraction of sp³-hybridized carbons (Fsp3) is 0.556. The quantitative estimate of drug-likeness (QED) is 0.314. The topological polar surface area (TPSA) is 0 Å². The summed E-state index contributed by atoms with van der Waals surface area (Å²) in [5.41, 5.74) is 2.40. The average molecular weight is 415 g/mol. The maximum Gasteiger partial charge on any atom is 0.194 e. The van der Waals surface area contributed by atoms with Gasteiger partial charge in [-0.2, -0.15) is 0 Å². The Hall–Kier alpha value is -1.77. The van der Waals surface area contributed by atoms with Gasteiger partial charge in [0, 0.05) is 0 Å². The molecule has 0 saturated heterocycles. The Morgan fingerprint density at radius 1 is 0.633 bits per heavy atom. The Kier molecular flexibility index (Phi) is 7.17. The Bertz CT molecular complexity index is 789. The third kappa shape index (κ3) is 5.28. The van der Waals surface area contributed by atoms with Gasteiger partial charge in [0.25, 0.3) is 0 Å². The fourth-order valence-corrected chi connectivity index (χ4v) is 5.62. The number of halogens is 3. The molecule has 2 aromatic carbocycles. The fourth-order valence-electron chi connectivity index (χ4n) is 5.62. The third-order valence-electron chi connectivity index (χ3n) is 7.50. The number of rotatable bonds is 7. The summed E-state index contributed by atoms with van der Waals surface area (Å²) in [6.45, 7) is 0. The SMILES string of the molecule is Fc1cc(-c2ccc([C@H]3CC[C@H](CCCCC4CCCC4)CC3)cc2)cc(F)c1F. The van der Waals surface area contributed by atoms with E-state index in [1.165, 1.54) is 82.6 Å². The molecular formula is C27H33F3. The maximum absolute atomic E-state index is 13.5. The van der Waals surface area contributed by atoms with Crippen molar-refractivity contribution in [3.63, 3.8) is 0 Å². The van der Waals surface area contributed by atoms with E-state index in [2.05, 4.69) is 12.1 Å². The second-order valence-electron chi connectivity index (χ2n) is 9.53. The van der Waals surface area contributed by atoms with Crippen molar-refractivity contribution in [2.45, 2.75) is 83.0 Å². The highest BCUT2D eigenvalue weighted by Crippen LogP contribution is 2.39. The van der Waals surface area contributed by atoms with Gasteiger partial charge in [0.1, 0.15) is 0 Å². The minimum absolute atomic E-state index is 0.374. The number of hydrogen-bond donors (Lipinski definition) is 0. The lowest BCUT2D eigenvalue weighted by atomic mass is 9.77. The highest BCUT2D eigenvalue weighted by atomic mass is 19.2. The summed E-state index contributed by atoms with van der Waals surface area (Å²) in [6.07, 6.45) is 16.6. The molecule has 4 rings (SSSR count). The van der Waals surface area contributed by atoms with Crippen molar-refractivity contribution in [3.05, 3.63) is 59.4 Å². The minimum atomic E-state index is -1.41. The van der Waals surface area contributed by atoms with Crippen LogP contribution in [0.4, 0.5) is 13.2 Å². The Morgan fingerprint density at radius 2 is 1.17 bits per heavy atom. The lowest BCUT2D eigenvalue weighted by Crippen LogP contribution is -2.13. The standard InChI is InChI=1S/C27H33F3/c28-25-17-24(18-26(29)27(25)30)23-15-13-22(14-16-23)21-11-9-20(10-12-21)8-4-3-7-19-5-1-2-6-19/h13-21H,1-12H2/t20-,21-. The molecule has 0 nitrogen and oxygen atoms in total. The van der Waals surface area contributed by atoms with E-state index in [9.17, 15) is 13.2 Å². The first kappa shape index (κ1) is 21.5. The lowest BCUT2D eigenvalue weighted by Gasteiger charge is -2.29. The van der Waals surface area contributed by atoms with E-state index in [4.69, 9.17) is 0 Å². The van der Waals surface area contributed by atoms with Crippen LogP contribution in [-0.2, 0) is 0 Å². The smallest absolute Gasteiger partial charge is 0.194 e. The monoisotopic (exact) mass is 414 g/mol. The van der Waals surface area contributed by atoms with Gasteiger partial charge in [-0.25, -0.2) is 13.2 Å². The van der Waals surface area contributed by atoms with E-state index in [0.717, 1.165) is 24.0 Å². The number of unbranched alkanes of at least 4 members (excludes halogenated alkanes) is 1. The minimum Gasteiger partial charge on any atom is -0.204 e. The van der Waals surface area contributed by atoms with Crippen LogP contribution >= 0.6 is 0 Å². The molecule has 162 valence electrons. The molecule has 30 heavy (non-hydrogen) atoms. The predicted molar refractivity (Wildman–Crippen MR) is 117 cm³/mol. The Balaban J connectivity index is 1.24. The maximum atomic E-state index is 13.5. The van der Waals surface area contributed by atoms with Crippen LogP contribution in [0.25, 0.3) is 11.1 Å². The van der Waals surface area contributed by atoms with Crippen LogP contribution in [-0.4, -0.2) is 0 Å². The van der Waals surface area contributed by atoms with Crippen LogP contribution in [0.2, 0.25) is 0 Å². The molecule has 0 amide bonds. The van der Waals surface area contributed by atoms with Crippen LogP contribution in [0.3, 0.4) is 0 Å². The predicted octanol–water partition coefficient (Wildman–Crippen LogP) is 8.80. The zero-order chi connectivity index (χ0) is 20.9. The van der Waals surface area contributed by atoms with E-state index in [1.54, 1.807) is 0 Å². The Morgan fingerprint density at radius 3 is 1.73 bits per heavy atom. The van der Waals surface area contributed by atoms with E-state index in [0.29, 0.717) is 17.0 Å². The van der Waals surface area contributed by atoms with Gasteiger partial charge in [-0.05, 0) is 72.3 Å². The van der Waals surface area contributed by atoms with Crippen LogP contribution in [0.15, 0.2) is 36.4 Å². The van der Waals surface area contributed by atoms with Gasteiger partial charge in [-0.3, -0.25) is 0 Å². The van der Waals surface area contributed by atoms with Crippen LogP contribution in [0, 0.1) is 29.3 Å². The molecule has 0 atom stereocenters. The summed E-state index contributed by atoms with van der Waals surface area (Å²) in [6, 6.07) is 10.1. The first-order chi connectivity index (χ1) is 14.6.